The molecule has 0 fully saturated rings. The molecule has 20 heavy (non-hydrogen) atoms. The number of rotatable bonds is 3. The van der Waals surface area contributed by atoms with Gasteiger partial charge in [-0.1, -0.05) is 12.2 Å². The molecule has 0 bridgehead atoms. The van der Waals surface area contributed by atoms with Crippen molar-refractivity contribution in [1.82, 2.24) is 4.57 Å². The molecule has 0 unspecified atom stereocenters. The second kappa shape index (κ2) is 5.24. The molecule has 0 aliphatic carbocycles. The van der Waals surface area contributed by atoms with Crippen molar-refractivity contribution in [2.24, 2.45) is 5.73 Å². The molecule has 106 valence electrons. The number of nitrogens with two attached hydrogens (primary N) is 1. The predicted octanol–water partition coefficient (Wildman–Crippen LogP) is 2.70. The van der Waals surface area contributed by atoms with Crippen molar-refractivity contribution >= 4 is 28.0 Å². The third kappa shape index (κ3) is 2.98. The van der Waals surface area contributed by atoms with Gasteiger partial charge in [-0.2, -0.15) is 13.2 Å². The Hall–Kier alpha value is -1.89. The Labute approximate surface area is 117 Å². The lowest BCUT2D eigenvalue weighted by Gasteiger charge is -2.09. The molecule has 0 amide bonds. The van der Waals surface area contributed by atoms with Gasteiger partial charge in [0.05, 0.1) is 10.6 Å². The van der Waals surface area contributed by atoms with Crippen LogP contribution in [-0.4, -0.2) is 9.56 Å². The van der Waals surface area contributed by atoms with E-state index in [0.29, 0.717) is 13.0 Å². The average molecular weight is 300 g/mol. The van der Waals surface area contributed by atoms with Crippen LogP contribution in [0.3, 0.4) is 0 Å². The molecule has 0 radical (unpaired) electrons. The zero-order valence-electron chi connectivity index (χ0n) is 10.3. The summed E-state index contributed by atoms with van der Waals surface area (Å²) in [4.78, 5) is 12.4. The van der Waals surface area contributed by atoms with Crippen LogP contribution in [0.1, 0.15) is 12.0 Å². The number of hydrogen-bond acceptors (Lipinski definition) is 2. The minimum Gasteiger partial charge on any atom is -0.393 e. The van der Waals surface area contributed by atoms with Crippen molar-refractivity contribution < 1.29 is 13.2 Å². The Bertz CT molecular complexity index is 722. The van der Waals surface area contributed by atoms with Crippen LogP contribution in [-0.2, 0) is 12.7 Å². The zero-order valence-corrected chi connectivity index (χ0v) is 11.1. The lowest BCUT2D eigenvalue weighted by Crippen LogP contribution is -2.22. The molecule has 2 aromatic rings. The second-order valence-electron chi connectivity index (χ2n) is 4.33. The van der Waals surface area contributed by atoms with Gasteiger partial charge in [0.15, 0.2) is 0 Å². The van der Waals surface area contributed by atoms with E-state index < -0.39 is 11.7 Å². The van der Waals surface area contributed by atoms with Gasteiger partial charge in [-0.05, 0) is 29.7 Å². The fourth-order valence-electron chi connectivity index (χ4n) is 1.87. The van der Waals surface area contributed by atoms with Gasteiger partial charge in [0.25, 0.3) is 5.56 Å². The third-order valence-electron chi connectivity index (χ3n) is 2.90. The van der Waals surface area contributed by atoms with E-state index in [2.05, 4.69) is 0 Å². The van der Waals surface area contributed by atoms with Crippen LogP contribution in [0.4, 0.5) is 13.2 Å². The number of thiocarbonyl (C=S) groups is 1. The number of benzene rings is 1. The van der Waals surface area contributed by atoms with Crippen molar-refractivity contribution in [3.05, 3.63) is 46.4 Å². The fourth-order valence-corrected chi connectivity index (χ4v) is 1.96. The van der Waals surface area contributed by atoms with Crippen molar-refractivity contribution in [2.75, 3.05) is 0 Å². The van der Waals surface area contributed by atoms with E-state index >= 15 is 0 Å². The van der Waals surface area contributed by atoms with Crippen LogP contribution in [0, 0.1) is 0 Å². The summed E-state index contributed by atoms with van der Waals surface area (Å²) in [5.41, 5.74) is 4.23. The van der Waals surface area contributed by atoms with E-state index in [4.69, 9.17) is 18.0 Å². The highest BCUT2D eigenvalue weighted by atomic mass is 32.1. The summed E-state index contributed by atoms with van der Waals surface area (Å²) < 4.78 is 39.2. The number of hydrogen-bond donors (Lipinski definition) is 1. The first-order valence-corrected chi connectivity index (χ1v) is 6.18. The van der Waals surface area contributed by atoms with Crippen molar-refractivity contribution in [2.45, 2.75) is 19.1 Å². The van der Waals surface area contributed by atoms with Gasteiger partial charge in [0.1, 0.15) is 0 Å². The van der Waals surface area contributed by atoms with E-state index in [1.165, 1.54) is 22.9 Å². The maximum Gasteiger partial charge on any atom is 0.416 e. The molecule has 0 aliphatic rings. The van der Waals surface area contributed by atoms with E-state index in [1.807, 2.05) is 0 Å². The monoisotopic (exact) mass is 300 g/mol. The van der Waals surface area contributed by atoms with Gasteiger partial charge in [-0.15, -0.1) is 0 Å². The number of aromatic nitrogens is 1. The molecular formula is C13H11F3N2OS. The first-order chi connectivity index (χ1) is 9.29. The first kappa shape index (κ1) is 14.5. The van der Waals surface area contributed by atoms with Crippen LogP contribution < -0.4 is 11.3 Å². The SMILES string of the molecule is NC(=S)CCn1ccc2cc(C(F)(F)F)ccc2c1=O. The summed E-state index contributed by atoms with van der Waals surface area (Å²) in [5.74, 6) is 0. The highest BCUT2D eigenvalue weighted by Gasteiger charge is 2.30. The van der Waals surface area contributed by atoms with Crippen LogP contribution in [0.5, 0.6) is 0 Å². The summed E-state index contributed by atoms with van der Waals surface area (Å²) in [6.45, 7) is 0.311. The quantitative estimate of drug-likeness (QED) is 0.887. The molecule has 0 saturated carbocycles. The molecule has 1 heterocycles. The third-order valence-corrected chi connectivity index (χ3v) is 3.11. The molecule has 0 atom stereocenters. The van der Waals surface area contributed by atoms with E-state index in [0.717, 1.165) is 12.1 Å². The molecule has 3 nitrogen and oxygen atoms in total. The van der Waals surface area contributed by atoms with E-state index in [1.54, 1.807) is 0 Å². The molecule has 1 aromatic heterocycles. The van der Waals surface area contributed by atoms with Gasteiger partial charge < -0.3 is 10.3 Å². The van der Waals surface area contributed by atoms with Crippen molar-refractivity contribution in [3.8, 4) is 0 Å². The predicted molar refractivity (Wildman–Crippen MR) is 74.6 cm³/mol. The summed E-state index contributed by atoms with van der Waals surface area (Å²) in [6, 6.07) is 4.54. The average Bonchev–Trinajstić information content (AvgIpc) is 2.36. The van der Waals surface area contributed by atoms with Crippen LogP contribution in [0.2, 0.25) is 0 Å². The lowest BCUT2D eigenvalue weighted by atomic mass is 10.1. The maximum atomic E-state index is 12.6. The Morgan fingerprint density at radius 3 is 2.60 bits per heavy atom. The first-order valence-electron chi connectivity index (χ1n) is 5.78. The largest absolute Gasteiger partial charge is 0.416 e. The van der Waals surface area contributed by atoms with Gasteiger partial charge in [-0.25, -0.2) is 0 Å². The topological polar surface area (TPSA) is 48.0 Å². The summed E-state index contributed by atoms with van der Waals surface area (Å²) in [6.07, 6.45) is -2.61. The molecule has 0 spiro atoms. The number of alkyl halides is 3. The summed E-state index contributed by atoms with van der Waals surface area (Å²) in [7, 11) is 0. The van der Waals surface area contributed by atoms with Crippen molar-refractivity contribution in [3.63, 3.8) is 0 Å². The second-order valence-corrected chi connectivity index (χ2v) is 4.85. The van der Waals surface area contributed by atoms with Gasteiger partial charge in [-0.3, -0.25) is 4.79 Å². The number of halogens is 3. The smallest absolute Gasteiger partial charge is 0.393 e. The molecule has 1 aromatic carbocycles. The van der Waals surface area contributed by atoms with Gasteiger partial charge in [0.2, 0.25) is 0 Å². The maximum absolute atomic E-state index is 12.6. The number of fused-ring (bicyclic) bond motifs is 1. The van der Waals surface area contributed by atoms with Gasteiger partial charge in [0, 0.05) is 24.5 Å². The van der Waals surface area contributed by atoms with Crippen LogP contribution in [0.25, 0.3) is 10.8 Å². The highest BCUT2D eigenvalue weighted by Crippen LogP contribution is 2.30. The molecule has 2 N–H and O–H groups in total. The van der Waals surface area contributed by atoms with Crippen molar-refractivity contribution in [1.29, 1.82) is 0 Å². The standard InChI is InChI=1S/C13H11F3N2OS/c14-13(15,16)9-1-2-10-8(7-9)3-5-18(12(10)19)6-4-11(17)20/h1-3,5,7H,4,6H2,(H2,17,20). The molecule has 0 aliphatic heterocycles. The number of aryl methyl sites for hydroxylation is 1. The minimum absolute atomic E-state index is 0.239. The fraction of sp³-hybridized carbons (Fsp3) is 0.231. The van der Waals surface area contributed by atoms with Gasteiger partial charge >= 0.3 is 6.18 Å². The lowest BCUT2D eigenvalue weighted by molar-refractivity contribution is -0.137. The highest BCUT2D eigenvalue weighted by molar-refractivity contribution is 7.80. The minimum atomic E-state index is -4.42. The molecule has 2 rings (SSSR count). The van der Waals surface area contributed by atoms with E-state index in [9.17, 15) is 18.0 Å². The number of pyridine rings is 1. The zero-order chi connectivity index (χ0) is 14.9. The summed E-state index contributed by atoms with van der Waals surface area (Å²) in [5, 5.41) is 0.500. The number of nitrogens with zero attached hydrogens (tertiary/aromatic N) is 1. The van der Waals surface area contributed by atoms with Crippen LogP contribution >= 0.6 is 12.2 Å². The Kier molecular flexibility index (Phi) is 3.80. The Morgan fingerprint density at radius 2 is 2.00 bits per heavy atom. The Morgan fingerprint density at radius 1 is 1.30 bits per heavy atom. The van der Waals surface area contributed by atoms with Crippen LogP contribution in [0.15, 0.2) is 35.3 Å². The summed E-state index contributed by atoms with van der Waals surface area (Å²) >= 11 is 4.73. The molecular weight excluding hydrogens is 289 g/mol. The normalized spacial score (nSPS) is 11.8. The molecule has 7 heteroatoms. The molecule has 0 saturated heterocycles. The van der Waals surface area contributed by atoms with E-state index in [-0.39, 0.29) is 21.3 Å². The Balaban J connectivity index is 2.47.